The van der Waals surface area contributed by atoms with Crippen LogP contribution in [0.25, 0.3) is 0 Å². The van der Waals surface area contributed by atoms with Crippen LogP contribution in [0.4, 0.5) is 22.1 Å². The lowest BCUT2D eigenvalue weighted by Crippen LogP contribution is -2.46. The Morgan fingerprint density at radius 1 is 1.25 bits per heavy atom. The molecule has 1 aliphatic heterocycles. The van der Waals surface area contributed by atoms with Gasteiger partial charge in [-0.25, -0.2) is 14.8 Å². The molecular formula is C17H22N6O. The Labute approximate surface area is 141 Å². The summed E-state index contributed by atoms with van der Waals surface area (Å²) in [5.74, 6) is 1.22. The van der Waals surface area contributed by atoms with Crippen molar-refractivity contribution in [2.24, 2.45) is 0 Å². The van der Waals surface area contributed by atoms with Crippen molar-refractivity contribution in [3.05, 3.63) is 36.4 Å². The second-order valence-electron chi connectivity index (χ2n) is 6.80. The number of carbonyl (C=O) groups is 1. The molecule has 0 radical (unpaired) electrons. The predicted octanol–water partition coefficient (Wildman–Crippen LogP) is 2.83. The highest BCUT2D eigenvalue weighted by Gasteiger charge is 2.20. The SMILES string of the molecule is CC(C)(C)c1ncnc(Nc2cccc(N3CCCNC3=O)c2)n1. The van der Waals surface area contributed by atoms with E-state index in [2.05, 4.69) is 46.4 Å². The first-order chi connectivity index (χ1) is 11.4. The molecular weight excluding hydrogens is 304 g/mol. The van der Waals surface area contributed by atoms with Crippen LogP contribution in [-0.4, -0.2) is 34.1 Å². The molecule has 7 nitrogen and oxygen atoms in total. The van der Waals surface area contributed by atoms with Gasteiger partial charge < -0.3 is 10.6 Å². The second kappa shape index (κ2) is 6.43. The smallest absolute Gasteiger partial charge is 0.321 e. The number of anilines is 3. The Kier molecular flexibility index (Phi) is 4.33. The molecule has 3 rings (SSSR count). The summed E-state index contributed by atoms with van der Waals surface area (Å²) >= 11 is 0. The van der Waals surface area contributed by atoms with Gasteiger partial charge in [0.05, 0.1) is 0 Å². The van der Waals surface area contributed by atoms with Gasteiger partial charge in [-0.1, -0.05) is 26.8 Å². The highest BCUT2D eigenvalue weighted by molar-refractivity contribution is 5.93. The van der Waals surface area contributed by atoms with E-state index in [9.17, 15) is 4.79 Å². The van der Waals surface area contributed by atoms with E-state index in [-0.39, 0.29) is 11.4 Å². The van der Waals surface area contributed by atoms with Crippen molar-refractivity contribution in [2.75, 3.05) is 23.3 Å². The molecule has 126 valence electrons. The van der Waals surface area contributed by atoms with Gasteiger partial charge in [-0.3, -0.25) is 4.90 Å². The fraction of sp³-hybridized carbons (Fsp3) is 0.412. The molecule has 2 aromatic rings. The number of benzene rings is 1. The molecule has 0 saturated carbocycles. The van der Waals surface area contributed by atoms with Crippen LogP contribution in [0.2, 0.25) is 0 Å². The molecule has 24 heavy (non-hydrogen) atoms. The quantitative estimate of drug-likeness (QED) is 0.906. The van der Waals surface area contributed by atoms with Crippen molar-refractivity contribution < 1.29 is 4.79 Å². The predicted molar refractivity (Wildman–Crippen MR) is 93.6 cm³/mol. The van der Waals surface area contributed by atoms with Crippen LogP contribution in [0.5, 0.6) is 0 Å². The van der Waals surface area contributed by atoms with Crippen LogP contribution in [0.1, 0.15) is 33.0 Å². The summed E-state index contributed by atoms with van der Waals surface area (Å²) in [6.07, 6.45) is 2.45. The molecule has 0 aliphatic carbocycles. The van der Waals surface area contributed by atoms with Crippen LogP contribution in [0.3, 0.4) is 0 Å². The number of urea groups is 1. The summed E-state index contributed by atoms with van der Waals surface area (Å²) in [5.41, 5.74) is 1.53. The zero-order valence-corrected chi connectivity index (χ0v) is 14.2. The van der Waals surface area contributed by atoms with Crippen molar-refractivity contribution in [3.8, 4) is 0 Å². The molecule has 2 amide bonds. The first-order valence-corrected chi connectivity index (χ1v) is 8.05. The number of aromatic nitrogens is 3. The van der Waals surface area contributed by atoms with E-state index in [1.165, 1.54) is 6.33 Å². The molecule has 0 atom stereocenters. The Morgan fingerprint density at radius 3 is 2.83 bits per heavy atom. The van der Waals surface area contributed by atoms with E-state index >= 15 is 0 Å². The van der Waals surface area contributed by atoms with Crippen LogP contribution < -0.4 is 15.5 Å². The zero-order valence-electron chi connectivity index (χ0n) is 14.2. The number of amides is 2. The maximum Gasteiger partial charge on any atom is 0.321 e. The average molecular weight is 326 g/mol. The normalized spacial score (nSPS) is 15.1. The van der Waals surface area contributed by atoms with Gasteiger partial charge in [-0.05, 0) is 24.6 Å². The Balaban J connectivity index is 1.81. The molecule has 0 unspecified atom stereocenters. The lowest BCUT2D eigenvalue weighted by Gasteiger charge is -2.27. The largest absolute Gasteiger partial charge is 0.338 e. The molecule has 1 saturated heterocycles. The zero-order chi connectivity index (χ0) is 17.2. The minimum atomic E-state index is -0.146. The Hall–Kier alpha value is -2.70. The van der Waals surface area contributed by atoms with Crippen LogP contribution in [0.15, 0.2) is 30.6 Å². The number of nitrogens with zero attached hydrogens (tertiary/aromatic N) is 4. The Bertz CT molecular complexity index is 740. The van der Waals surface area contributed by atoms with Crippen LogP contribution in [0, 0.1) is 0 Å². The summed E-state index contributed by atoms with van der Waals surface area (Å²) in [6.45, 7) is 7.62. The summed E-state index contributed by atoms with van der Waals surface area (Å²) in [4.78, 5) is 26.6. The average Bonchev–Trinajstić information content (AvgIpc) is 2.55. The van der Waals surface area contributed by atoms with Crippen molar-refractivity contribution in [1.82, 2.24) is 20.3 Å². The van der Waals surface area contributed by atoms with Gasteiger partial charge in [-0.2, -0.15) is 4.98 Å². The van der Waals surface area contributed by atoms with Gasteiger partial charge in [0.15, 0.2) is 0 Å². The van der Waals surface area contributed by atoms with E-state index in [0.29, 0.717) is 5.95 Å². The number of carbonyl (C=O) groups excluding carboxylic acids is 1. The third-order valence-corrected chi connectivity index (χ3v) is 3.74. The van der Waals surface area contributed by atoms with Gasteiger partial charge in [0.25, 0.3) is 0 Å². The van der Waals surface area contributed by atoms with Crippen molar-refractivity contribution >= 4 is 23.4 Å². The molecule has 0 spiro atoms. The minimum Gasteiger partial charge on any atom is -0.338 e. The van der Waals surface area contributed by atoms with E-state index in [0.717, 1.165) is 36.7 Å². The fourth-order valence-corrected chi connectivity index (χ4v) is 2.47. The van der Waals surface area contributed by atoms with Crippen LogP contribution >= 0.6 is 0 Å². The topological polar surface area (TPSA) is 83.0 Å². The van der Waals surface area contributed by atoms with Gasteiger partial charge in [0, 0.05) is 29.9 Å². The highest BCUT2D eigenvalue weighted by atomic mass is 16.2. The molecule has 2 N–H and O–H groups in total. The van der Waals surface area contributed by atoms with Crippen LogP contribution in [-0.2, 0) is 5.41 Å². The van der Waals surface area contributed by atoms with E-state index < -0.39 is 0 Å². The van der Waals surface area contributed by atoms with Gasteiger partial charge in [0.1, 0.15) is 12.2 Å². The number of rotatable bonds is 3. The van der Waals surface area contributed by atoms with Gasteiger partial charge in [0.2, 0.25) is 5.95 Å². The minimum absolute atomic E-state index is 0.0615. The standard InChI is InChI=1S/C17H22N6O/c1-17(2,3)14-19-11-20-15(22-14)21-12-6-4-7-13(10-12)23-9-5-8-18-16(23)24/h4,6-7,10-11H,5,8-9H2,1-3H3,(H,18,24)(H,19,20,21,22). The summed E-state index contributed by atoms with van der Waals surface area (Å²) in [6, 6.07) is 7.61. The summed E-state index contributed by atoms with van der Waals surface area (Å²) in [7, 11) is 0. The van der Waals surface area contributed by atoms with E-state index in [1.807, 2.05) is 24.3 Å². The maximum absolute atomic E-state index is 12.0. The molecule has 1 aromatic heterocycles. The Morgan fingerprint density at radius 2 is 2.08 bits per heavy atom. The highest BCUT2D eigenvalue weighted by Crippen LogP contribution is 2.24. The molecule has 0 bridgehead atoms. The van der Waals surface area contributed by atoms with Crippen molar-refractivity contribution in [1.29, 1.82) is 0 Å². The third-order valence-electron chi connectivity index (χ3n) is 3.74. The molecule has 2 heterocycles. The van der Waals surface area contributed by atoms with Crippen molar-refractivity contribution in [2.45, 2.75) is 32.6 Å². The molecule has 1 fully saturated rings. The van der Waals surface area contributed by atoms with Gasteiger partial charge in [-0.15, -0.1) is 0 Å². The monoisotopic (exact) mass is 326 g/mol. The first-order valence-electron chi connectivity index (χ1n) is 8.05. The van der Waals surface area contributed by atoms with Crippen molar-refractivity contribution in [3.63, 3.8) is 0 Å². The molecule has 1 aliphatic rings. The summed E-state index contributed by atoms with van der Waals surface area (Å²) < 4.78 is 0. The summed E-state index contributed by atoms with van der Waals surface area (Å²) in [5, 5.41) is 6.05. The second-order valence-corrected chi connectivity index (χ2v) is 6.80. The van der Waals surface area contributed by atoms with Gasteiger partial charge >= 0.3 is 6.03 Å². The number of hydrogen-bond donors (Lipinski definition) is 2. The fourth-order valence-electron chi connectivity index (χ4n) is 2.47. The maximum atomic E-state index is 12.0. The molecule has 7 heteroatoms. The number of nitrogens with one attached hydrogen (secondary N) is 2. The molecule has 1 aromatic carbocycles. The van der Waals surface area contributed by atoms with E-state index in [4.69, 9.17) is 0 Å². The lowest BCUT2D eigenvalue weighted by atomic mass is 9.96. The first kappa shape index (κ1) is 16.2. The lowest BCUT2D eigenvalue weighted by molar-refractivity contribution is 0.243. The third kappa shape index (κ3) is 3.61. The number of hydrogen-bond acceptors (Lipinski definition) is 5. The van der Waals surface area contributed by atoms with E-state index in [1.54, 1.807) is 4.90 Å².